The first kappa shape index (κ1) is 22.7. The van der Waals surface area contributed by atoms with Crippen molar-refractivity contribution in [2.24, 2.45) is 0 Å². The van der Waals surface area contributed by atoms with Gasteiger partial charge in [-0.05, 0) is 36.0 Å². The molecule has 0 unspecified atom stereocenters. The topological polar surface area (TPSA) is 89.3 Å². The van der Waals surface area contributed by atoms with Crippen LogP contribution in [0.2, 0.25) is 0 Å². The van der Waals surface area contributed by atoms with Gasteiger partial charge in [-0.25, -0.2) is 9.97 Å². The molecule has 2 aliphatic heterocycles. The summed E-state index contributed by atoms with van der Waals surface area (Å²) in [6.07, 6.45) is 3.87. The summed E-state index contributed by atoms with van der Waals surface area (Å²) in [5.41, 5.74) is 3.39. The largest absolute Gasteiger partial charge is 0.394 e. The summed E-state index contributed by atoms with van der Waals surface area (Å²) in [4.78, 5) is 16.2. The Bertz CT molecular complexity index is 1220. The number of nitriles is 1. The van der Waals surface area contributed by atoms with Crippen LogP contribution in [0.25, 0.3) is 27.7 Å². The second kappa shape index (κ2) is 10.5. The molecule has 0 atom stereocenters. The molecule has 0 amide bonds. The van der Waals surface area contributed by atoms with Gasteiger partial charge in [-0.2, -0.15) is 5.26 Å². The molecule has 4 heterocycles. The van der Waals surface area contributed by atoms with Crippen LogP contribution in [0.3, 0.4) is 0 Å². The fourth-order valence-electron chi connectivity index (χ4n) is 4.38. The predicted molar refractivity (Wildman–Crippen MR) is 137 cm³/mol. The number of nitrogens with zero attached hydrogens (tertiary/aromatic N) is 5. The molecule has 9 heteroatoms. The van der Waals surface area contributed by atoms with E-state index in [1.165, 1.54) is 4.88 Å². The molecule has 176 valence electrons. The molecule has 1 aromatic carbocycles. The van der Waals surface area contributed by atoms with Crippen molar-refractivity contribution in [3.8, 4) is 17.5 Å². The van der Waals surface area contributed by atoms with E-state index < -0.39 is 0 Å². The Balaban J connectivity index is 1.61. The first-order chi connectivity index (χ1) is 16.7. The highest BCUT2D eigenvalue weighted by Crippen LogP contribution is 2.36. The van der Waals surface area contributed by atoms with Crippen LogP contribution in [-0.2, 0) is 11.3 Å². The van der Waals surface area contributed by atoms with Gasteiger partial charge in [0.2, 0.25) is 0 Å². The average Bonchev–Trinajstić information content (AvgIpc) is 3.30. The molecule has 2 N–H and O–H groups in total. The molecule has 34 heavy (non-hydrogen) atoms. The number of anilines is 1. The van der Waals surface area contributed by atoms with Crippen molar-refractivity contribution in [2.45, 2.75) is 6.54 Å². The quantitative estimate of drug-likeness (QED) is 0.563. The standard InChI is InChI=1S/C25H29N7OS/c1-27-5-4-19-3-2-18(16-26)14-21(19)24-29-22-15-20(17-31-8-6-28-7-9-31)34-23(22)25(30-24)32-10-12-33-13-11-32/h2-5,14-15,27-28H,6-13,17H2,1H3/b5-4-. The first-order valence-corrected chi connectivity index (χ1v) is 12.5. The van der Waals surface area contributed by atoms with Gasteiger partial charge in [0, 0.05) is 63.3 Å². The molecule has 0 radical (unpaired) electrons. The summed E-state index contributed by atoms with van der Waals surface area (Å²) in [6.45, 7) is 8.12. The molecule has 2 aliphatic rings. The number of piperazine rings is 1. The third-order valence-electron chi connectivity index (χ3n) is 6.16. The lowest BCUT2D eigenvalue weighted by molar-refractivity contribution is 0.122. The molecule has 2 saturated heterocycles. The highest BCUT2D eigenvalue weighted by molar-refractivity contribution is 7.19. The molecule has 0 bridgehead atoms. The maximum atomic E-state index is 9.51. The van der Waals surface area contributed by atoms with Gasteiger partial charge in [0.15, 0.2) is 11.6 Å². The lowest BCUT2D eigenvalue weighted by atomic mass is 10.0. The van der Waals surface area contributed by atoms with E-state index in [0.717, 1.165) is 73.0 Å². The molecule has 2 aromatic heterocycles. The van der Waals surface area contributed by atoms with Crippen molar-refractivity contribution in [3.63, 3.8) is 0 Å². The Hall–Kier alpha value is -3.03. The third-order valence-corrected chi connectivity index (χ3v) is 7.26. The van der Waals surface area contributed by atoms with Gasteiger partial charge in [0.25, 0.3) is 0 Å². The Morgan fingerprint density at radius 3 is 2.76 bits per heavy atom. The van der Waals surface area contributed by atoms with Gasteiger partial charge in [-0.1, -0.05) is 6.07 Å². The second-order valence-corrected chi connectivity index (χ2v) is 9.60. The first-order valence-electron chi connectivity index (χ1n) is 11.7. The zero-order valence-electron chi connectivity index (χ0n) is 19.4. The number of hydrogen-bond donors (Lipinski definition) is 2. The van der Waals surface area contributed by atoms with E-state index in [-0.39, 0.29) is 0 Å². The van der Waals surface area contributed by atoms with Gasteiger partial charge in [0.1, 0.15) is 0 Å². The lowest BCUT2D eigenvalue weighted by Gasteiger charge is -2.28. The number of rotatable bonds is 6. The summed E-state index contributed by atoms with van der Waals surface area (Å²) < 4.78 is 6.73. The number of thiophene rings is 1. The minimum Gasteiger partial charge on any atom is -0.394 e. The van der Waals surface area contributed by atoms with E-state index in [2.05, 4.69) is 32.6 Å². The molecular weight excluding hydrogens is 446 g/mol. The number of nitrogens with one attached hydrogen (secondary N) is 2. The molecule has 3 aromatic rings. The molecule has 0 saturated carbocycles. The van der Waals surface area contributed by atoms with Crippen LogP contribution in [0.1, 0.15) is 16.0 Å². The van der Waals surface area contributed by atoms with Crippen LogP contribution >= 0.6 is 11.3 Å². The number of morpholine rings is 1. The van der Waals surface area contributed by atoms with E-state index >= 15 is 0 Å². The monoisotopic (exact) mass is 475 g/mol. The fraction of sp³-hybridized carbons (Fsp3) is 0.400. The fourth-order valence-corrected chi connectivity index (χ4v) is 5.53. The molecule has 0 spiro atoms. The van der Waals surface area contributed by atoms with Gasteiger partial charge in [-0.3, -0.25) is 4.90 Å². The SMILES string of the molecule is CN/C=C\c1ccc(C#N)cc1-c1nc(N2CCOCC2)c2sc(CN3CCNCC3)cc2n1. The van der Waals surface area contributed by atoms with Crippen molar-refractivity contribution in [3.05, 3.63) is 46.5 Å². The van der Waals surface area contributed by atoms with Crippen molar-refractivity contribution < 1.29 is 4.74 Å². The minimum atomic E-state index is 0.595. The molecule has 8 nitrogen and oxygen atoms in total. The number of ether oxygens (including phenoxy) is 1. The van der Waals surface area contributed by atoms with Crippen LogP contribution in [0.5, 0.6) is 0 Å². The number of aromatic nitrogens is 2. The van der Waals surface area contributed by atoms with Gasteiger partial charge >= 0.3 is 0 Å². The summed E-state index contributed by atoms with van der Waals surface area (Å²) in [7, 11) is 1.87. The number of hydrogen-bond acceptors (Lipinski definition) is 9. The van der Waals surface area contributed by atoms with E-state index in [1.807, 2.05) is 37.5 Å². The maximum Gasteiger partial charge on any atom is 0.162 e. The Kier molecular flexibility index (Phi) is 7.02. The minimum absolute atomic E-state index is 0.595. The Morgan fingerprint density at radius 1 is 1.18 bits per heavy atom. The van der Waals surface area contributed by atoms with Crippen molar-refractivity contribution in [2.75, 3.05) is 64.4 Å². The van der Waals surface area contributed by atoms with Crippen LogP contribution < -0.4 is 15.5 Å². The zero-order chi connectivity index (χ0) is 23.3. The van der Waals surface area contributed by atoms with E-state index in [4.69, 9.17) is 14.7 Å². The van der Waals surface area contributed by atoms with Crippen LogP contribution in [0, 0.1) is 11.3 Å². The Labute approximate surface area is 203 Å². The van der Waals surface area contributed by atoms with Crippen LogP contribution in [0.15, 0.2) is 30.5 Å². The van der Waals surface area contributed by atoms with E-state index in [9.17, 15) is 5.26 Å². The van der Waals surface area contributed by atoms with Gasteiger partial charge < -0.3 is 20.3 Å². The molecule has 2 fully saturated rings. The van der Waals surface area contributed by atoms with Gasteiger partial charge in [-0.15, -0.1) is 11.3 Å². The Morgan fingerprint density at radius 2 is 2.00 bits per heavy atom. The van der Waals surface area contributed by atoms with Crippen molar-refractivity contribution in [1.82, 2.24) is 25.5 Å². The summed E-state index contributed by atoms with van der Waals surface area (Å²) in [5.74, 6) is 1.61. The van der Waals surface area contributed by atoms with Crippen LogP contribution in [-0.4, -0.2) is 74.4 Å². The second-order valence-electron chi connectivity index (χ2n) is 8.46. The summed E-state index contributed by atoms with van der Waals surface area (Å²) in [6, 6.07) is 10.1. The highest BCUT2D eigenvalue weighted by atomic mass is 32.1. The molecule has 5 rings (SSSR count). The van der Waals surface area contributed by atoms with Crippen molar-refractivity contribution in [1.29, 1.82) is 5.26 Å². The van der Waals surface area contributed by atoms with Gasteiger partial charge in [0.05, 0.1) is 35.1 Å². The summed E-state index contributed by atoms with van der Waals surface area (Å²) in [5, 5.41) is 16.0. The third kappa shape index (κ3) is 4.91. The zero-order valence-corrected chi connectivity index (χ0v) is 20.2. The van der Waals surface area contributed by atoms with E-state index in [1.54, 1.807) is 11.3 Å². The predicted octanol–water partition coefficient (Wildman–Crippen LogP) is 2.66. The smallest absolute Gasteiger partial charge is 0.162 e. The molecule has 0 aliphatic carbocycles. The van der Waals surface area contributed by atoms with Crippen LogP contribution in [0.4, 0.5) is 5.82 Å². The molecular formula is C25H29N7OS. The highest BCUT2D eigenvalue weighted by Gasteiger charge is 2.22. The number of benzene rings is 1. The lowest BCUT2D eigenvalue weighted by Crippen LogP contribution is -2.42. The number of fused-ring (bicyclic) bond motifs is 1. The van der Waals surface area contributed by atoms with Crippen molar-refractivity contribution >= 4 is 33.4 Å². The average molecular weight is 476 g/mol. The summed E-state index contributed by atoms with van der Waals surface area (Å²) >= 11 is 1.79. The normalized spacial score (nSPS) is 17.4. The van der Waals surface area contributed by atoms with E-state index in [0.29, 0.717) is 24.6 Å². The maximum absolute atomic E-state index is 9.51.